The molecule has 0 radical (unpaired) electrons. The molecule has 0 heterocycles. The van der Waals surface area contributed by atoms with Gasteiger partial charge in [0, 0.05) is 12.0 Å². The maximum Gasteiger partial charge on any atom is 0.407 e. The van der Waals surface area contributed by atoms with Gasteiger partial charge in [0.1, 0.15) is 12.6 Å². The molecule has 0 aliphatic heterocycles. The molecular formula is C25H26F2N2O5. The number of carbonyl (C=O) groups is 3. The number of carbonyl (C=O) groups excluding carboxylic acids is 2. The maximum absolute atomic E-state index is 14.9. The molecule has 2 atom stereocenters. The third kappa shape index (κ3) is 4.88. The van der Waals surface area contributed by atoms with Gasteiger partial charge in [0.25, 0.3) is 5.91 Å². The number of rotatable bonds is 9. The van der Waals surface area contributed by atoms with Crippen molar-refractivity contribution in [1.82, 2.24) is 10.6 Å². The molecule has 0 spiro atoms. The van der Waals surface area contributed by atoms with Gasteiger partial charge >= 0.3 is 18.0 Å². The second-order valence-electron chi connectivity index (χ2n) is 8.88. The van der Waals surface area contributed by atoms with E-state index in [0.717, 1.165) is 22.3 Å². The van der Waals surface area contributed by atoms with Crippen LogP contribution in [0.4, 0.5) is 13.6 Å². The number of halogens is 2. The third-order valence-corrected chi connectivity index (χ3v) is 6.26. The Bertz CT molecular complexity index is 1060. The van der Waals surface area contributed by atoms with Crippen molar-refractivity contribution in [2.45, 2.75) is 50.1 Å². The van der Waals surface area contributed by atoms with Crippen LogP contribution in [-0.4, -0.2) is 47.7 Å². The van der Waals surface area contributed by atoms with Crippen LogP contribution in [0.2, 0.25) is 0 Å². The van der Waals surface area contributed by atoms with E-state index in [9.17, 15) is 23.2 Å². The molecule has 0 aromatic heterocycles. The first-order valence-electron chi connectivity index (χ1n) is 11.2. The fourth-order valence-electron chi connectivity index (χ4n) is 4.48. The highest BCUT2D eigenvalue weighted by molar-refractivity contribution is 5.86. The van der Waals surface area contributed by atoms with Crippen molar-refractivity contribution < 1.29 is 33.0 Å². The zero-order chi connectivity index (χ0) is 24.5. The Labute approximate surface area is 195 Å². The minimum Gasteiger partial charge on any atom is -0.481 e. The average Bonchev–Trinajstić information content (AvgIpc) is 3.57. The van der Waals surface area contributed by atoms with Crippen molar-refractivity contribution in [3.63, 3.8) is 0 Å². The normalized spacial score (nSPS) is 16.7. The topological polar surface area (TPSA) is 105 Å². The van der Waals surface area contributed by atoms with E-state index in [2.05, 4.69) is 5.32 Å². The molecule has 4 rings (SSSR count). The molecule has 0 saturated heterocycles. The van der Waals surface area contributed by atoms with Crippen molar-refractivity contribution in [3.05, 3.63) is 59.7 Å². The number of benzene rings is 2. The minimum atomic E-state index is -3.92. The fraction of sp³-hybridized carbons (Fsp3) is 0.400. The lowest BCUT2D eigenvalue weighted by molar-refractivity contribution is -0.151. The van der Waals surface area contributed by atoms with E-state index in [4.69, 9.17) is 9.84 Å². The lowest BCUT2D eigenvalue weighted by Gasteiger charge is -2.28. The molecule has 3 N–H and O–H groups in total. The Morgan fingerprint density at radius 1 is 1.03 bits per heavy atom. The first kappa shape index (κ1) is 23.7. The molecule has 2 aromatic rings. The highest BCUT2D eigenvalue weighted by Crippen LogP contribution is 2.44. The largest absolute Gasteiger partial charge is 0.481 e. The Balaban J connectivity index is 1.41. The van der Waals surface area contributed by atoms with Crippen LogP contribution in [0.25, 0.3) is 11.1 Å². The first-order chi connectivity index (χ1) is 16.2. The van der Waals surface area contributed by atoms with Gasteiger partial charge in [-0.15, -0.1) is 0 Å². The van der Waals surface area contributed by atoms with Gasteiger partial charge < -0.3 is 20.5 Å². The summed E-state index contributed by atoms with van der Waals surface area (Å²) in [5.41, 5.74) is 4.07. The molecule has 2 aromatic carbocycles. The van der Waals surface area contributed by atoms with Crippen molar-refractivity contribution in [2.75, 3.05) is 6.61 Å². The van der Waals surface area contributed by atoms with Crippen molar-refractivity contribution in [2.24, 2.45) is 5.92 Å². The number of ether oxygens (including phenoxy) is 1. The summed E-state index contributed by atoms with van der Waals surface area (Å²) in [5, 5.41) is 13.0. The number of carboxylic acids is 1. The molecule has 1 saturated carbocycles. The van der Waals surface area contributed by atoms with Gasteiger partial charge in [0.15, 0.2) is 0 Å². The van der Waals surface area contributed by atoms with Gasteiger partial charge in [-0.1, -0.05) is 48.5 Å². The molecule has 7 nitrogen and oxygen atoms in total. The number of alkyl carbamates (subject to hydrolysis) is 1. The van der Waals surface area contributed by atoms with Crippen LogP contribution in [0, 0.1) is 5.92 Å². The van der Waals surface area contributed by atoms with Gasteiger partial charge in [-0.25, -0.2) is 4.79 Å². The summed E-state index contributed by atoms with van der Waals surface area (Å²) >= 11 is 0. The monoisotopic (exact) mass is 472 g/mol. The standard InChI is InChI=1S/C25H26F2N2O5/c1-14(12-21(30)31)28-23(32)25(26,27)22(15-10-11-15)29-24(33)34-13-20-18-8-4-2-6-16(18)17-7-3-5-9-19(17)20/h2-9,14-15,20,22H,10-13H2,1H3,(H,28,32)(H,29,33)(H,30,31)/t14-,22?/m0/s1. The van der Waals surface area contributed by atoms with Crippen LogP contribution in [-0.2, 0) is 14.3 Å². The number of amides is 2. The molecule has 180 valence electrons. The Morgan fingerprint density at radius 3 is 2.12 bits per heavy atom. The second kappa shape index (κ2) is 9.40. The summed E-state index contributed by atoms with van der Waals surface area (Å²) in [7, 11) is 0. The van der Waals surface area contributed by atoms with Crippen molar-refractivity contribution in [3.8, 4) is 11.1 Å². The van der Waals surface area contributed by atoms with Crippen LogP contribution in [0.5, 0.6) is 0 Å². The van der Waals surface area contributed by atoms with Crippen LogP contribution in [0.3, 0.4) is 0 Å². The second-order valence-corrected chi connectivity index (χ2v) is 8.88. The summed E-state index contributed by atoms with van der Waals surface area (Å²) < 4.78 is 35.2. The maximum atomic E-state index is 14.9. The number of aliphatic carboxylic acids is 1. The van der Waals surface area contributed by atoms with E-state index in [0.29, 0.717) is 12.8 Å². The van der Waals surface area contributed by atoms with Crippen LogP contribution in [0.15, 0.2) is 48.5 Å². The van der Waals surface area contributed by atoms with Crippen LogP contribution < -0.4 is 10.6 Å². The molecule has 2 amide bonds. The Kier molecular flexibility index (Phi) is 6.54. The summed E-state index contributed by atoms with van der Waals surface area (Å²) in [6.45, 7) is 1.29. The summed E-state index contributed by atoms with van der Waals surface area (Å²) in [6.07, 6.45) is -0.621. The molecule has 1 unspecified atom stereocenters. The number of hydrogen-bond acceptors (Lipinski definition) is 4. The van der Waals surface area contributed by atoms with Gasteiger partial charge in [-0.3, -0.25) is 9.59 Å². The predicted molar refractivity (Wildman–Crippen MR) is 120 cm³/mol. The highest BCUT2D eigenvalue weighted by atomic mass is 19.3. The van der Waals surface area contributed by atoms with E-state index in [1.807, 2.05) is 53.8 Å². The van der Waals surface area contributed by atoms with E-state index < -0.39 is 48.3 Å². The number of nitrogens with one attached hydrogen (secondary N) is 2. The number of fused-ring (bicyclic) bond motifs is 3. The van der Waals surface area contributed by atoms with E-state index in [1.54, 1.807) is 0 Å². The van der Waals surface area contributed by atoms with E-state index in [-0.39, 0.29) is 12.5 Å². The molecule has 0 bridgehead atoms. The highest BCUT2D eigenvalue weighted by Gasteiger charge is 2.54. The van der Waals surface area contributed by atoms with Gasteiger partial charge in [-0.05, 0) is 47.9 Å². The van der Waals surface area contributed by atoms with Crippen molar-refractivity contribution >= 4 is 18.0 Å². The average molecular weight is 472 g/mol. The summed E-state index contributed by atoms with van der Waals surface area (Å²) in [5.74, 6) is -7.53. The van der Waals surface area contributed by atoms with E-state index in [1.165, 1.54) is 6.92 Å². The van der Waals surface area contributed by atoms with Gasteiger partial charge in [0.05, 0.1) is 6.42 Å². The molecule has 2 aliphatic rings. The number of alkyl halides is 2. The zero-order valence-corrected chi connectivity index (χ0v) is 18.6. The number of hydrogen-bond donors (Lipinski definition) is 3. The predicted octanol–water partition coefficient (Wildman–Crippen LogP) is 3.92. The fourth-order valence-corrected chi connectivity index (χ4v) is 4.48. The number of carboxylic acid groups (broad SMARTS) is 1. The Hall–Kier alpha value is -3.49. The first-order valence-corrected chi connectivity index (χ1v) is 11.2. The SMILES string of the molecule is C[C@@H](CC(=O)O)NC(=O)C(F)(F)C(NC(=O)OCC1c2ccccc2-c2ccccc21)C1CC1. The van der Waals surface area contributed by atoms with Crippen LogP contribution >= 0.6 is 0 Å². The van der Waals surface area contributed by atoms with Crippen LogP contribution in [0.1, 0.15) is 43.2 Å². The molecule has 2 aliphatic carbocycles. The molecule has 1 fully saturated rings. The quantitative estimate of drug-likeness (QED) is 0.513. The van der Waals surface area contributed by atoms with Crippen molar-refractivity contribution in [1.29, 1.82) is 0 Å². The third-order valence-electron chi connectivity index (χ3n) is 6.26. The van der Waals surface area contributed by atoms with Gasteiger partial charge in [0.2, 0.25) is 0 Å². The van der Waals surface area contributed by atoms with E-state index >= 15 is 0 Å². The molecule has 9 heteroatoms. The Morgan fingerprint density at radius 2 is 1.59 bits per heavy atom. The molecule has 34 heavy (non-hydrogen) atoms. The summed E-state index contributed by atoms with van der Waals surface area (Å²) in [6, 6.07) is 12.8. The minimum absolute atomic E-state index is 0.0370. The van der Waals surface area contributed by atoms with Gasteiger partial charge in [-0.2, -0.15) is 8.78 Å². The summed E-state index contributed by atoms with van der Waals surface area (Å²) in [4.78, 5) is 35.5. The smallest absolute Gasteiger partial charge is 0.407 e. The lowest BCUT2D eigenvalue weighted by Crippen LogP contribution is -2.58. The zero-order valence-electron chi connectivity index (χ0n) is 18.6. The lowest BCUT2D eigenvalue weighted by atomic mass is 9.98. The molecular weight excluding hydrogens is 446 g/mol.